The number of hydrogen-bond acceptors (Lipinski definition) is 9. The molecule has 1 aliphatic heterocycles. The Morgan fingerprint density at radius 1 is 1.19 bits per heavy atom. The van der Waals surface area contributed by atoms with Gasteiger partial charge in [-0.25, -0.2) is 14.8 Å². The van der Waals surface area contributed by atoms with E-state index in [1.807, 2.05) is 30.3 Å². The number of carbonyl (C=O) groups is 1. The number of nitrogens with one attached hydrogen (secondary N) is 1. The molecule has 4 N–H and O–H groups in total. The van der Waals surface area contributed by atoms with E-state index in [2.05, 4.69) is 25.2 Å². The van der Waals surface area contributed by atoms with E-state index in [4.69, 9.17) is 0 Å². The van der Waals surface area contributed by atoms with E-state index in [1.165, 1.54) is 0 Å². The van der Waals surface area contributed by atoms with Crippen LogP contribution >= 0.6 is 11.3 Å². The Bertz CT molecular complexity index is 1080. The topological polar surface area (TPSA) is 132 Å². The number of rotatable bonds is 6. The molecule has 1 saturated heterocycles. The van der Waals surface area contributed by atoms with Crippen LogP contribution in [0.4, 0.5) is 16.9 Å². The summed E-state index contributed by atoms with van der Waals surface area (Å²) in [5.74, 6) is 0.0159. The predicted octanol–water partition coefficient (Wildman–Crippen LogP) is 2.80. The average molecular weight is 442 g/mol. The van der Waals surface area contributed by atoms with Gasteiger partial charge >= 0.3 is 5.97 Å². The summed E-state index contributed by atoms with van der Waals surface area (Å²) >= 11 is 1.03. The highest BCUT2D eigenvalue weighted by atomic mass is 32.1. The summed E-state index contributed by atoms with van der Waals surface area (Å²) in [6, 6.07) is 9.34. The molecule has 0 radical (unpaired) electrons. The first-order valence-electron chi connectivity index (χ1n) is 9.93. The van der Waals surface area contributed by atoms with Gasteiger partial charge in [0.1, 0.15) is 10.7 Å². The van der Waals surface area contributed by atoms with Crippen molar-refractivity contribution in [3.05, 3.63) is 46.5 Å². The molecule has 0 bridgehead atoms. The third-order valence-corrected chi connectivity index (χ3v) is 6.20. The Morgan fingerprint density at radius 3 is 2.52 bits per heavy atom. The van der Waals surface area contributed by atoms with Crippen LogP contribution < -0.4 is 10.2 Å². The van der Waals surface area contributed by atoms with Crippen LogP contribution in [0.5, 0.6) is 0 Å². The van der Waals surface area contributed by atoms with Gasteiger partial charge < -0.3 is 20.2 Å². The predicted molar refractivity (Wildman–Crippen MR) is 118 cm³/mol. The quantitative estimate of drug-likeness (QED) is 0.456. The summed E-state index contributed by atoms with van der Waals surface area (Å²) in [6.45, 7) is 2.98. The molecular weight excluding hydrogens is 418 g/mol. The third kappa shape index (κ3) is 4.82. The fraction of sp³-hybridized carbons (Fsp3) is 0.333. The summed E-state index contributed by atoms with van der Waals surface area (Å²) in [5.41, 5.74) is 2.79. The number of nitrogens with zero attached hydrogens (tertiary/aromatic N) is 4. The zero-order valence-electron chi connectivity index (χ0n) is 16.9. The molecule has 9 nitrogen and oxygen atoms in total. The maximum Gasteiger partial charge on any atom is 0.347 e. The lowest BCUT2D eigenvalue weighted by molar-refractivity contribution is 0.0701. The lowest BCUT2D eigenvalue weighted by Crippen LogP contribution is -2.36. The smallest absolute Gasteiger partial charge is 0.347 e. The Morgan fingerprint density at radius 2 is 1.90 bits per heavy atom. The van der Waals surface area contributed by atoms with Gasteiger partial charge in [0.15, 0.2) is 5.13 Å². The Kier molecular flexibility index (Phi) is 6.12. The van der Waals surface area contributed by atoms with Crippen LogP contribution in [0.15, 0.2) is 30.3 Å². The van der Waals surface area contributed by atoms with E-state index in [0.717, 1.165) is 28.3 Å². The molecule has 0 amide bonds. The van der Waals surface area contributed by atoms with Crippen LogP contribution in [-0.2, 0) is 6.61 Å². The number of aryl methyl sites for hydroxylation is 1. The summed E-state index contributed by atoms with van der Waals surface area (Å²) in [6.07, 6.45) is 1.04. The number of aliphatic hydroxyl groups is 2. The monoisotopic (exact) mass is 441 g/mol. The van der Waals surface area contributed by atoms with Crippen LogP contribution in [0.1, 0.15) is 33.8 Å². The van der Waals surface area contributed by atoms with Crippen molar-refractivity contribution in [3.63, 3.8) is 0 Å². The zero-order chi connectivity index (χ0) is 22.0. The van der Waals surface area contributed by atoms with Crippen molar-refractivity contribution in [2.24, 2.45) is 0 Å². The fourth-order valence-corrected chi connectivity index (χ4v) is 4.22. The molecule has 4 rings (SSSR count). The molecule has 0 spiro atoms. The number of piperidine rings is 1. The molecule has 162 valence electrons. The van der Waals surface area contributed by atoms with Gasteiger partial charge in [0.25, 0.3) is 0 Å². The Labute approximate surface area is 183 Å². The molecule has 3 heterocycles. The fourth-order valence-electron chi connectivity index (χ4n) is 3.42. The van der Waals surface area contributed by atoms with Gasteiger partial charge in [-0.3, -0.25) is 5.32 Å². The van der Waals surface area contributed by atoms with Gasteiger partial charge in [0, 0.05) is 24.7 Å². The first kappa shape index (κ1) is 21.2. The second-order valence-electron chi connectivity index (χ2n) is 7.37. The molecule has 10 heteroatoms. The summed E-state index contributed by atoms with van der Waals surface area (Å²) in [7, 11) is 0. The minimum absolute atomic E-state index is 0.0342. The third-order valence-electron chi connectivity index (χ3n) is 5.14. The average Bonchev–Trinajstić information content (AvgIpc) is 3.14. The van der Waals surface area contributed by atoms with Crippen molar-refractivity contribution in [2.75, 3.05) is 23.3 Å². The van der Waals surface area contributed by atoms with Crippen molar-refractivity contribution < 1.29 is 20.1 Å². The Hall–Kier alpha value is -3.08. The van der Waals surface area contributed by atoms with Gasteiger partial charge in [-0.05, 0) is 25.3 Å². The van der Waals surface area contributed by atoms with Crippen molar-refractivity contribution in [1.82, 2.24) is 15.0 Å². The van der Waals surface area contributed by atoms with Crippen molar-refractivity contribution in [3.8, 4) is 11.3 Å². The molecule has 31 heavy (non-hydrogen) atoms. The lowest BCUT2D eigenvalue weighted by atomic mass is 10.1. The molecule has 0 atom stereocenters. The second-order valence-corrected chi connectivity index (χ2v) is 8.37. The van der Waals surface area contributed by atoms with E-state index in [0.29, 0.717) is 48.4 Å². The van der Waals surface area contributed by atoms with Crippen LogP contribution in [0, 0.1) is 6.92 Å². The molecule has 3 aromatic rings. The standard InChI is InChI=1S/C21H23N5O4S/c1-12-18(19(29)30)31-21(22-12)25-20-23-16(14-4-2-13(11-27)3-5-14)10-17(24-20)26-8-6-15(28)7-9-26/h2-5,10,15,27-28H,6-9,11H2,1H3,(H,29,30)(H,22,23,24,25). The summed E-state index contributed by atoms with van der Waals surface area (Å²) < 4.78 is 0. The lowest BCUT2D eigenvalue weighted by Gasteiger charge is -2.30. The number of aliphatic hydroxyl groups excluding tert-OH is 2. The number of thiazole rings is 1. The maximum absolute atomic E-state index is 11.3. The number of benzene rings is 1. The number of hydrogen-bond donors (Lipinski definition) is 4. The van der Waals surface area contributed by atoms with Gasteiger partial charge in [-0.1, -0.05) is 35.6 Å². The number of carboxylic acids is 1. The van der Waals surface area contributed by atoms with Crippen LogP contribution in [0.2, 0.25) is 0 Å². The zero-order valence-corrected chi connectivity index (χ0v) is 17.8. The van der Waals surface area contributed by atoms with Gasteiger partial charge in [-0.15, -0.1) is 0 Å². The Balaban J connectivity index is 1.70. The molecule has 0 aliphatic carbocycles. The molecule has 0 unspecified atom stereocenters. The first-order valence-corrected chi connectivity index (χ1v) is 10.7. The van der Waals surface area contributed by atoms with E-state index in [1.54, 1.807) is 6.92 Å². The maximum atomic E-state index is 11.3. The van der Waals surface area contributed by atoms with E-state index >= 15 is 0 Å². The SMILES string of the molecule is Cc1nc(Nc2nc(-c3ccc(CO)cc3)cc(N3CCC(O)CC3)n2)sc1C(=O)O. The number of carboxylic acid groups (broad SMARTS) is 1. The minimum atomic E-state index is -1.02. The van der Waals surface area contributed by atoms with Crippen molar-refractivity contribution in [1.29, 1.82) is 0 Å². The molecular formula is C21H23N5O4S. The largest absolute Gasteiger partial charge is 0.477 e. The highest BCUT2D eigenvalue weighted by molar-refractivity contribution is 7.17. The molecule has 1 aliphatic rings. The molecule has 1 aromatic carbocycles. The molecule has 0 saturated carbocycles. The van der Waals surface area contributed by atoms with Gasteiger partial charge in [0.2, 0.25) is 5.95 Å². The highest BCUT2D eigenvalue weighted by Crippen LogP contribution is 2.29. The number of aromatic carboxylic acids is 1. The van der Waals surface area contributed by atoms with Gasteiger partial charge in [0.05, 0.1) is 24.1 Å². The summed E-state index contributed by atoms with van der Waals surface area (Å²) in [4.78, 5) is 27.1. The molecule has 2 aromatic heterocycles. The number of anilines is 3. The van der Waals surface area contributed by atoms with E-state index in [9.17, 15) is 20.1 Å². The van der Waals surface area contributed by atoms with Crippen LogP contribution in [0.3, 0.4) is 0 Å². The van der Waals surface area contributed by atoms with E-state index in [-0.39, 0.29) is 17.6 Å². The van der Waals surface area contributed by atoms with Crippen LogP contribution in [-0.4, -0.2) is 55.4 Å². The van der Waals surface area contributed by atoms with E-state index < -0.39 is 5.97 Å². The number of aromatic nitrogens is 3. The van der Waals surface area contributed by atoms with Gasteiger partial charge in [-0.2, -0.15) is 4.98 Å². The first-order chi connectivity index (χ1) is 14.9. The van der Waals surface area contributed by atoms with Crippen molar-refractivity contribution >= 4 is 34.2 Å². The highest BCUT2D eigenvalue weighted by Gasteiger charge is 2.21. The minimum Gasteiger partial charge on any atom is -0.477 e. The molecule has 1 fully saturated rings. The van der Waals surface area contributed by atoms with Crippen molar-refractivity contribution in [2.45, 2.75) is 32.5 Å². The summed E-state index contributed by atoms with van der Waals surface area (Å²) in [5, 5.41) is 31.9. The van der Waals surface area contributed by atoms with Crippen LogP contribution in [0.25, 0.3) is 11.3 Å². The normalized spacial score (nSPS) is 14.6. The second kappa shape index (κ2) is 8.96.